The van der Waals surface area contributed by atoms with Gasteiger partial charge in [0, 0.05) is 0 Å². The molecular formula is C7H2ClF4IO. The van der Waals surface area contributed by atoms with Crippen molar-refractivity contribution in [2.45, 2.75) is 6.36 Å². The van der Waals surface area contributed by atoms with E-state index in [0.29, 0.717) is 0 Å². The molecule has 1 nitrogen and oxygen atoms in total. The Labute approximate surface area is 95.1 Å². The highest BCUT2D eigenvalue weighted by atomic mass is 127. The van der Waals surface area contributed by atoms with E-state index in [-0.39, 0.29) is 3.57 Å². The molecule has 0 amide bonds. The minimum atomic E-state index is -4.88. The highest BCUT2D eigenvalue weighted by Gasteiger charge is 2.33. The lowest BCUT2D eigenvalue weighted by atomic mass is 10.3. The molecule has 14 heavy (non-hydrogen) atoms. The predicted octanol–water partition coefficient (Wildman–Crippen LogP) is 3.98. The van der Waals surface area contributed by atoms with Crippen molar-refractivity contribution >= 4 is 34.2 Å². The van der Waals surface area contributed by atoms with Crippen molar-refractivity contribution < 1.29 is 22.3 Å². The smallest absolute Gasteiger partial charge is 0.403 e. The Kier molecular flexibility index (Phi) is 3.46. The van der Waals surface area contributed by atoms with Crippen molar-refractivity contribution in [1.82, 2.24) is 0 Å². The van der Waals surface area contributed by atoms with Crippen LogP contribution in [-0.4, -0.2) is 6.36 Å². The van der Waals surface area contributed by atoms with Gasteiger partial charge < -0.3 is 4.74 Å². The van der Waals surface area contributed by atoms with Crippen LogP contribution in [0.3, 0.4) is 0 Å². The molecule has 0 saturated heterocycles. The summed E-state index contributed by atoms with van der Waals surface area (Å²) in [6.07, 6.45) is -4.88. The van der Waals surface area contributed by atoms with E-state index in [9.17, 15) is 17.6 Å². The van der Waals surface area contributed by atoms with Gasteiger partial charge in [0.15, 0.2) is 5.75 Å². The maximum atomic E-state index is 12.8. The van der Waals surface area contributed by atoms with Crippen LogP contribution in [0, 0.1) is 9.39 Å². The maximum Gasteiger partial charge on any atom is 0.573 e. The van der Waals surface area contributed by atoms with E-state index in [4.69, 9.17) is 11.6 Å². The van der Waals surface area contributed by atoms with E-state index in [1.165, 1.54) is 0 Å². The van der Waals surface area contributed by atoms with Crippen molar-refractivity contribution in [2.24, 2.45) is 0 Å². The third kappa shape index (κ3) is 2.88. The summed E-state index contributed by atoms with van der Waals surface area (Å²) in [4.78, 5) is 0. The van der Waals surface area contributed by atoms with Crippen LogP contribution in [0.1, 0.15) is 0 Å². The average molecular weight is 340 g/mol. The van der Waals surface area contributed by atoms with E-state index < -0.39 is 23.0 Å². The quantitative estimate of drug-likeness (QED) is 0.427. The molecule has 0 N–H and O–H groups in total. The Morgan fingerprint density at radius 1 is 1.29 bits per heavy atom. The minimum absolute atomic E-state index is 0.0892. The summed E-state index contributed by atoms with van der Waals surface area (Å²) in [7, 11) is 0. The highest BCUT2D eigenvalue weighted by molar-refractivity contribution is 14.1. The third-order valence-corrected chi connectivity index (χ3v) is 2.42. The van der Waals surface area contributed by atoms with E-state index in [1.54, 1.807) is 22.6 Å². The van der Waals surface area contributed by atoms with Crippen LogP contribution in [0.5, 0.6) is 5.75 Å². The topological polar surface area (TPSA) is 9.23 Å². The summed E-state index contributed by atoms with van der Waals surface area (Å²) in [5.74, 6) is -1.66. The second-order valence-corrected chi connectivity index (χ2v) is 3.76. The maximum absolute atomic E-state index is 12.8. The van der Waals surface area contributed by atoms with Crippen molar-refractivity contribution in [1.29, 1.82) is 0 Å². The van der Waals surface area contributed by atoms with Gasteiger partial charge in [-0.3, -0.25) is 0 Å². The first-order chi connectivity index (χ1) is 6.31. The van der Waals surface area contributed by atoms with Gasteiger partial charge in [0.2, 0.25) is 0 Å². The van der Waals surface area contributed by atoms with Crippen molar-refractivity contribution in [3.8, 4) is 5.75 Å². The minimum Gasteiger partial charge on any atom is -0.403 e. The summed E-state index contributed by atoms with van der Waals surface area (Å²) < 4.78 is 51.9. The molecular weight excluding hydrogens is 338 g/mol. The standard InChI is InChI=1S/C7H2ClF4IO/c8-5-3(9)1-2-4(13)6(5)14-7(10,11)12/h1-2H. The van der Waals surface area contributed by atoms with Gasteiger partial charge in [-0.25, -0.2) is 4.39 Å². The molecule has 1 rings (SSSR count). The Bertz CT molecular complexity index is 352. The SMILES string of the molecule is Fc1ccc(I)c(OC(F)(F)F)c1Cl. The van der Waals surface area contributed by atoms with Gasteiger partial charge in [-0.15, -0.1) is 13.2 Å². The molecule has 1 aromatic rings. The Hall–Kier alpha value is -0.240. The molecule has 0 heterocycles. The Morgan fingerprint density at radius 3 is 2.36 bits per heavy atom. The second kappa shape index (κ2) is 4.09. The van der Waals surface area contributed by atoms with Crippen LogP contribution in [0.15, 0.2) is 12.1 Å². The number of hydrogen-bond donors (Lipinski definition) is 0. The Morgan fingerprint density at radius 2 is 1.86 bits per heavy atom. The zero-order valence-corrected chi connectivity index (χ0v) is 9.24. The first-order valence-corrected chi connectivity index (χ1v) is 4.66. The van der Waals surface area contributed by atoms with E-state index in [0.717, 1.165) is 12.1 Å². The van der Waals surface area contributed by atoms with Gasteiger partial charge >= 0.3 is 6.36 Å². The number of rotatable bonds is 1. The van der Waals surface area contributed by atoms with E-state index >= 15 is 0 Å². The molecule has 0 bridgehead atoms. The molecule has 0 saturated carbocycles. The summed E-state index contributed by atoms with van der Waals surface area (Å²) >= 11 is 6.87. The fourth-order valence-electron chi connectivity index (χ4n) is 0.718. The molecule has 0 aliphatic carbocycles. The molecule has 0 fully saturated rings. The molecule has 0 radical (unpaired) electrons. The first-order valence-electron chi connectivity index (χ1n) is 3.20. The van der Waals surface area contributed by atoms with Gasteiger partial charge in [0.25, 0.3) is 0 Å². The molecule has 7 heteroatoms. The van der Waals surface area contributed by atoms with Crippen LogP contribution in [0.4, 0.5) is 17.6 Å². The van der Waals surface area contributed by atoms with Gasteiger partial charge in [-0.05, 0) is 34.7 Å². The zero-order chi connectivity index (χ0) is 10.9. The summed E-state index contributed by atoms with van der Waals surface area (Å²) in [6.45, 7) is 0. The van der Waals surface area contributed by atoms with Crippen LogP contribution < -0.4 is 4.74 Å². The predicted molar refractivity (Wildman–Crippen MR) is 50.8 cm³/mol. The first kappa shape index (κ1) is 11.8. The summed E-state index contributed by atoms with van der Waals surface area (Å²) in [5, 5.41) is -0.672. The van der Waals surface area contributed by atoms with Crippen LogP contribution in [0.2, 0.25) is 5.02 Å². The molecule has 0 aliphatic rings. The lowest BCUT2D eigenvalue weighted by molar-refractivity contribution is -0.275. The molecule has 0 unspecified atom stereocenters. The van der Waals surface area contributed by atoms with Crippen molar-refractivity contribution in [2.75, 3.05) is 0 Å². The molecule has 0 atom stereocenters. The van der Waals surface area contributed by atoms with Gasteiger partial charge in [0.1, 0.15) is 10.8 Å². The Balaban J connectivity index is 3.13. The number of hydrogen-bond acceptors (Lipinski definition) is 1. The molecule has 78 valence electrons. The fourth-order valence-corrected chi connectivity index (χ4v) is 1.64. The van der Waals surface area contributed by atoms with Gasteiger partial charge in [-0.2, -0.15) is 0 Å². The lowest BCUT2D eigenvalue weighted by Crippen LogP contribution is -2.18. The number of benzene rings is 1. The van der Waals surface area contributed by atoms with Crippen molar-refractivity contribution in [3.63, 3.8) is 0 Å². The van der Waals surface area contributed by atoms with Crippen LogP contribution in [-0.2, 0) is 0 Å². The lowest BCUT2D eigenvalue weighted by Gasteiger charge is -2.11. The molecule has 0 aromatic heterocycles. The monoisotopic (exact) mass is 340 g/mol. The third-order valence-electron chi connectivity index (χ3n) is 1.22. The van der Waals surface area contributed by atoms with Crippen LogP contribution in [0.25, 0.3) is 0 Å². The summed E-state index contributed by atoms with van der Waals surface area (Å²) in [6, 6.07) is 2.11. The second-order valence-electron chi connectivity index (χ2n) is 2.22. The van der Waals surface area contributed by atoms with Gasteiger partial charge in [-0.1, -0.05) is 11.6 Å². The average Bonchev–Trinajstić information content (AvgIpc) is 2.04. The normalized spacial score (nSPS) is 11.6. The highest BCUT2D eigenvalue weighted by Crippen LogP contribution is 2.35. The number of alkyl halides is 3. The van der Waals surface area contributed by atoms with Gasteiger partial charge in [0.05, 0.1) is 3.57 Å². The fraction of sp³-hybridized carbons (Fsp3) is 0.143. The largest absolute Gasteiger partial charge is 0.573 e. The van der Waals surface area contributed by atoms with Crippen molar-refractivity contribution in [3.05, 3.63) is 26.5 Å². The molecule has 1 aromatic carbocycles. The molecule has 0 aliphatic heterocycles. The molecule has 0 spiro atoms. The van der Waals surface area contributed by atoms with E-state index in [2.05, 4.69) is 4.74 Å². The van der Waals surface area contributed by atoms with Crippen LogP contribution >= 0.6 is 34.2 Å². The number of ether oxygens (including phenoxy) is 1. The summed E-state index contributed by atoms with van der Waals surface area (Å²) in [5.41, 5.74) is 0. The number of halogens is 6. The zero-order valence-electron chi connectivity index (χ0n) is 6.33. The van der Waals surface area contributed by atoms with E-state index in [1.807, 2.05) is 0 Å².